The van der Waals surface area contributed by atoms with Gasteiger partial charge in [0, 0.05) is 24.5 Å². The van der Waals surface area contributed by atoms with Crippen LogP contribution < -0.4 is 5.43 Å². The molecule has 1 N–H and O–H groups in total. The van der Waals surface area contributed by atoms with Gasteiger partial charge in [-0.05, 0) is 36.5 Å². The molecule has 1 amide bonds. The van der Waals surface area contributed by atoms with Gasteiger partial charge in [0.25, 0.3) is 0 Å². The van der Waals surface area contributed by atoms with Crippen molar-refractivity contribution in [3.05, 3.63) is 0 Å². The second-order valence-corrected chi connectivity index (χ2v) is 7.36. The molecule has 1 spiro atoms. The van der Waals surface area contributed by atoms with Crippen LogP contribution in [0.25, 0.3) is 0 Å². The molecule has 0 unspecified atom stereocenters. The van der Waals surface area contributed by atoms with Gasteiger partial charge in [-0.15, -0.1) is 0 Å². The molecule has 0 aliphatic heterocycles. The number of Topliss-reactive ketones (excluding diaryl/α,β-unsaturated/α-hetero) is 1. The Bertz CT molecular complexity index is 461. The van der Waals surface area contributed by atoms with E-state index in [0.29, 0.717) is 18.3 Å². The number of hydrogen-bond acceptors (Lipinski definition) is 3. The summed E-state index contributed by atoms with van der Waals surface area (Å²) in [6.45, 7) is 4.15. The summed E-state index contributed by atoms with van der Waals surface area (Å²) in [5, 5.41) is 4.21. The van der Waals surface area contributed by atoms with E-state index in [1.54, 1.807) is 0 Å². The molecule has 3 aliphatic carbocycles. The molecule has 0 aromatic heterocycles. The predicted octanol–water partition coefficient (Wildman–Crippen LogP) is 2.43. The summed E-state index contributed by atoms with van der Waals surface area (Å²) < 4.78 is 0. The second kappa shape index (κ2) is 4.15. The number of carbonyl (C=O) groups is 2. The third-order valence-electron chi connectivity index (χ3n) is 4.94. The highest BCUT2D eigenvalue weighted by Crippen LogP contribution is 2.65. The van der Waals surface area contributed by atoms with Crippen LogP contribution >= 0.6 is 0 Å². The molecule has 1 atom stereocenters. The van der Waals surface area contributed by atoms with Gasteiger partial charge in [-0.25, -0.2) is 5.43 Å². The van der Waals surface area contributed by atoms with E-state index >= 15 is 0 Å². The maximum Gasteiger partial charge on any atom is 0.243 e. The van der Waals surface area contributed by atoms with Crippen molar-refractivity contribution in [2.24, 2.45) is 21.8 Å². The highest BCUT2D eigenvalue weighted by atomic mass is 16.2. The number of hydrogen-bond donors (Lipinski definition) is 1. The summed E-state index contributed by atoms with van der Waals surface area (Å²) in [5.74, 6) is 0.465. The van der Waals surface area contributed by atoms with Crippen LogP contribution in [0.1, 0.15) is 58.8 Å². The van der Waals surface area contributed by atoms with Crippen LogP contribution in [0.4, 0.5) is 0 Å². The summed E-state index contributed by atoms with van der Waals surface area (Å²) in [6.07, 6.45) is 6.52. The zero-order chi connectivity index (χ0) is 13.7. The normalized spacial score (nSPS) is 33.1. The summed E-state index contributed by atoms with van der Waals surface area (Å²) in [5.41, 5.74) is 3.84. The first-order chi connectivity index (χ1) is 8.90. The number of nitrogens with zero attached hydrogens (tertiary/aromatic N) is 1. The van der Waals surface area contributed by atoms with E-state index in [0.717, 1.165) is 18.6 Å². The van der Waals surface area contributed by atoms with Gasteiger partial charge in [-0.2, -0.15) is 5.10 Å². The quantitative estimate of drug-likeness (QED) is 0.777. The van der Waals surface area contributed by atoms with Gasteiger partial charge in [0.05, 0.1) is 0 Å². The molecule has 0 heterocycles. The van der Waals surface area contributed by atoms with Gasteiger partial charge in [-0.1, -0.05) is 20.3 Å². The maximum atomic E-state index is 12.0. The topological polar surface area (TPSA) is 58.5 Å². The molecule has 0 radical (unpaired) electrons. The Morgan fingerprint density at radius 1 is 1.32 bits per heavy atom. The van der Waals surface area contributed by atoms with Crippen LogP contribution in [-0.2, 0) is 9.59 Å². The molecule has 104 valence electrons. The standard InChI is InChI=1S/C15H22N2O2/c1-14(2)7-10(6-11(18)8-14)16-17-13(19)12-9-15(12)4-3-5-15/h12H,3-9H2,1-2H3,(H,17,19)/b16-10-/t12-/m0/s1. The Balaban J connectivity index is 1.57. The first-order valence-corrected chi connectivity index (χ1v) is 7.27. The van der Waals surface area contributed by atoms with E-state index in [-0.39, 0.29) is 23.0 Å². The van der Waals surface area contributed by atoms with Gasteiger partial charge in [0.15, 0.2) is 0 Å². The number of amides is 1. The third-order valence-corrected chi connectivity index (χ3v) is 4.94. The van der Waals surface area contributed by atoms with Crippen LogP contribution in [0.2, 0.25) is 0 Å². The number of hydrazone groups is 1. The molecule has 4 heteroatoms. The highest BCUT2D eigenvalue weighted by molar-refractivity contribution is 6.05. The van der Waals surface area contributed by atoms with Crippen molar-refractivity contribution < 1.29 is 9.59 Å². The summed E-state index contributed by atoms with van der Waals surface area (Å²) in [7, 11) is 0. The molecule has 0 aromatic rings. The van der Waals surface area contributed by atoms with Crippen molar-refractivity contribution in [2.45, 2.75) is 58.8 Å². The zero-order valence-corrected chi connectivity index (χ0v) is 11.8. The number of carbonyl (C=O) groups excluding carboxylic acids is 2. The molecule has 0 saturated heterocycles. The van der Waals surface area contributed by atoms with Crippen molar-refractivity contribution >= 4 is 17.4 Å². The largest absolute Gasteiger partial charge is 0.299 e. The van der Waals surface area contributed by atoms with E-state index in [4.69, 9.17) is 0 Å². The monoisotopic (exact) mass is 262 g/mol. The Morgan fingerprint density at radius 3 is 2.58 bits per heavy atom. The van der Waals surface area contributed by atoms with Crippen molar-refractivity contribution in [2.75, 3.05) is 0 Å². The van der Waals surface area contributed by atoms with Crippen molar-refractivity contribution in [3.63, 3.8) is 0 Å². The fourth-order valence-corrected chi connectivity index (χ4v) is 3.69. The number of ketones is 1. The molecule has 0 aromatic carbocycles. The van der Waals surface area contributed by atoms with E-state index < -0.39 is 0 Å². The van der Waals surface area contributed by atoms with Crippen molar-refractivity contribution in [1.29, 1.82) is 0 Å². The maximum absolute atomic E-state index is 12.0. The zero-order valence-electron chi connectivity index (χ0n) is 11.8. The second-order valence-electron chi connectivity index (χ2n) is 7.36. The van der Waals surface area contributed by atoms with Crippen LogP contribution in [0, 0.1) is 16.7 Å². The Kier molecular flexibility index (Phi) is 2.80. The minimum Gasteiger partial charge on any atom is -0.299 e. The highest BCUT2D eigenvalue weighted by Gasteiger charge is 2.60. The molecule has 3 saturated carbocycles. The molecule has 19 heavy (non-hydrogen) atoms. The van der Waals surface area contributed by atoms with Gasteiger partial charge < -0.3 is 0 Å². The lowest BCUT2D eigenvalue weighted by molar-refractivity contribution is -0.124. The smallest absolute Gasteiger partial charge is 0.243 e. The van der Waals surface area contributed by atoms with Crippen molar-refractivity contribution in [3.8, 4) is 0 Å². The van der Waals surface area contributed by atoms with Crippen molar-refractivity contribution in [1.82, 2.24) is 5.43 Å². The van der Waals surface area contributed by atoms with E-state index in [9.17, 15) is 9.59 Å². The van der Waals surface area contributed by atoms with Gasteiger partial charge in [0.1, 0.15) is 5.78 Å². The van der Waals surface area contributed by atoms with E-state index in [1.807, 2.05) is 0 Å². The lowest BCUT2D eigenvalue weighted by Crippen LogP contribution is -2.32. The van der Waals surface area contributed by atoms with Crippen LogP contribution in [0.3, 0.4) is 0 Å². The Morgan fingerprint density at radius 2 is 2.05 bits per heavy atom. The molecule has 4 nitrogen and oxygen atoms in total. The van der Waals surface area contributed by atoms with Gasteiger partial charge >= 0.3 is 0 Å². The molecular weight excluding hydrogens is 240 g/mol. The minimum absolute atomic E-state index is 0.0202. The number of rotatable bonds is 2. The fourth-order valence-electron chi connectivity index (χ4n) is 3.69. The molecule has 3 fully saturated rings. The fraction of sp³-hybridized carbons (Fsp3) is 0.800. The Labute approximate surface area is 114 Å². The van der Waals surface area contributed by atoms with Gasteiger partial charge in [0.2, 0.25) is 5.91 Å². The average Bonchev–Trinajstić information content (AvgIpc) is 2.98. The van der Waals surface area contributed by atoms with E-state index in [1.165, 1.54) is 19.3 Å². The lowest BCUT2D eigenvalue weighted by Gasteiger charge is -2.29. The first-order valence-electron chi connectivity index (χ1n) is 7.27. The minimum atomic E-state index is -0.0202. The SMILES string of the molecule is CC1(C)CC(=O)C/C(=N/NC(=O)[C@@H]2CC23CCC3)C1. The molecule has 0 bridgehead atoms. The molecule has 3 rings (SSSR count). The lowest BCUT2D eigenvalue weighted by atomic mass is 9.76. The van der Waals surface area contributed by atoms with Crippen LogP contribution in [0.5, 0.6) is 0 Å². The summed E-state index contributed by atoms with van der Waals surface area (Å²) >= 11 is 0. The third kappa shape index (κ3) is 2.45. The first kappa shape index (κ1) is 12.8. The Hall–Kier alpha value is -1.19. The van der Waals surface area contributed by atoms with Gasteiger partial charge in [-0.3, -0.25) is 9.59 Å². The van der Waals surface area contributed by atoms with Crippen LogP contribution in [0.15, 0.2) is 5.10 Å². The number of nitrogens with one attached hydrogen (secondary N) is 1. The molecule has 3 aliphatic rings. The predicted molar refractivity (Wildman–Crippen MR) is 72.6 cm³/mol. The van der Waals surface area contributed by atoms with E-state index in [2.05, 4.69) is 24.4 Å². The molecular formula is C15H22N2O2. The summed E-state index contributed by atoms with van der Waals surface area (Å²) in [4.78, 5) is 23.6. The summed E-state index contributed by atoms with van der Waals surface area (Å²) in [6, 6.07) is 0. The average molecular weight is 262 g/mol. The van der Waals surface area contributed by atoms with Crippen LogP contribution in [-0.4, -0.2) is 17.4 Å².